The van der Waals surface area contributed by atoms with Crippen LogP contribution in [0.4, 0.5) is 11.8 Å². The molecular weight excluding hydrogens is 264 g/mol. The molecule has 114 valence electrons. The third-order valence-electron chi connectivity index (χ3n) is 3.29. The van der Waals surface area contributed by atoms with Crippen LogP contribution in [0.1, 0.15) is 23.9 Å². The summed E-state index contributed by atoms with van der Waals surface area (Å²) in [5, 5.41) is 7.82. The Hall–Kier alpha value is -2.11. The molecule has 0 fully saturated rings. The van der Waals surface area contributed by atoms with Gasteiger partial charge in [-0.05, 0) is 33.8 Å². The second kappa shape index (κ2) is 6.11. The highest BCUT2D eigenvalue weighted by Gasteiger charge is 2.10. The van der Waals surface area contributed by atoms with Crippen LogP contribution in [0.25, 0.3) is 0 Å². The van der Waals surface area contributed by atoms with Crippen molar-refractivity contribution in [3.8, 4) is 0 Å². The van der Waals surface area contributed by atoms with Gasteiger partial charge in [0.2, 0.25) is 5.95 Å². The minimum absolute atomic E-state index is 0.195. The van der Waals surface area contributed by atoms with E-state index in [0.29, 0.717) is 5.95 Å². The van der Waals surface area contributed by atoms with E-state index in [9.17, 15) is 0 Å². The molecule has 2 aromatic rings. The molecule has 0 bridgehead atoms. The summed E-state index contributed by atoms with van der Waals surface area (Å²) in [6.45, 7) is 8.98. The lowest BCUT2D eigenvalue weighted by Crippen LogP contribution is -2.25. The minimum atomic E-state index is 0.195. The van der Waals surface area contributed by atoms with Gasteiger partial charge in [-0.25, -0.2) is 4.98 Å². The Bertz CT molecular complexity index is 617. The summed E-state index contributed by atoms with van der Waals surface area (Å²) in [6, 6.07) is 2.28. The smallest absolute Gasteiger partial charge is 0.224 e. The number of rotatable bonds is 5. The lowest BCUT2D eigenvalue weighted by atomic mass is 10.3. The van der Waals surface area contributed by atoms with E-state index in [2.05, 4.69) is 40.3 Å². The van der Waals surface area contributed by atoms with Crippen LogP contribution in [0.5, 0.6) is 0 Å². The van der Waals surface area contributed by atoms with Gasteiger partial charge in [-0.3, -0.25) is 4.68 Å². The molecule has 2 heterocycles. The highest BCUT2D eigenvalue weighted by molar-refractivity contribution is 5.47. The number of nitrogens with zero attached hydrogens (tertiary/aromatic N) is 5. The molecule has 0 aliphatic carbocycles. The third-order valence-corrected chi connectivity index (χ3v) is 3.29. The topological polar surface area (TPSA) is 58.9 Å². The second-order valence-electron chi connectivity index (χ2n) is 5.75. The van der Waals surface area contributed by atoms with Gasteiger partial charge in [-0.1, -0.05) is 0 Å². The predicted molar refractivity (Wildman–Crippen MR) is 85.9 cm³/mol. The van der Waals surface area contributed by atoms with Gasteiger partial charge < -0.3 is 10.2 Å². The summed E-state index contributed by atoms with van der Waals surface area (Å²) in [7, 11) is 3.97. The fourth-order valence-corrected chi connectivity index (χ4v) is 2.34. The third kappa shape index (κ3) is 3.71. The van der Waals surface area contributed by atoms with Crippen molar-refractivity contribution in [3.63, 3.8) is 0 Å². The summed E-state index contributed by atoms with van der Waals surface area (Å²) in [4.78, 5) is 10.9. The molecule has 21 heavy (non-hydrogen) atoms. The molecule has 2 rings (SSSR count). The van der Waals surface area contributed by atoms with E-state index in [4.69, 9.17) is 0 Å². The first-order valence-corrected chi connectivity index (χ1v) is 7.15. The highest BCUT2D eigenvalue weighted by atomic mass is 15.3. The van der Waals surface area contributed by atoms with Crippen LogP contribution in [0, 0.1) is 20.8 Å². The first-order valence-electron chi connectivity index (χ1n) is 7.15. The maximum atomic E-state index is 4.56. The SMILES string of the molecule is Cc1cc(C)n(CC(C)Nc2ncc(C)c(N(C)C)n2)n1. The first kappa shape index (κ1) is 15.3. The number of nitrogens with one attached hydrogen (secondary N) is 1. The zero-order chi connectivity index (χ0) is 15.6. The van der Waals surface area contributed by atoms with E-state index in [1.165, 1.54) is 5.69 Å². The maximum absolute atomic E-state index is 4.56. The first-order chi connectivity index (χ1) is 9.86. The van der Waals surface area contributed by atoms with E-state index in [-0.39, 0.29) is 6.04 Å². The Morgan fingerprint density at radius 1 is 1.29 bits per heavy atom. The number of anilines is 2. The fraction of sp³-hybridized carbons (Fsp3) is 0.533. The van der Waals surface area contributed by atoms with Crippen LogP contribution < -0.4 is 10.2 Å². The van der Waals surface area contributed by atoms with Gasteiger partial charge in [-0.2, -0.15) is 10.1 Å². The Morgan fingerprint density at radius 3 is 2.57 bits per heavy atom. The maximum Gasteiger partial charge on any atom is 0.224 e. The summed E-state index contributed by atoms with van der Waals surface area (Å²) in [6.07, 6.45) is 1.85. The average Bonchev–Trinajstić information content (AvgIpc) is 2.69. The summed E-state index contributed by atoms with van der Waals surface area (Å²) < 4.78 is 2.01. The molecule has 0 radical (unpaired) electrons. The van der Waals surface area contributed by atoms with Gasteiger partial charge in [0.1, 0.15) is 5.82 Å². The van der Waals surface area contributed by atoms with Crippen molar-refractivity contribution >= 4 is 11.8 Å². The molecule has 1 N–H and O–H groups in total. The summed E-state index contributed by atoms with van der Waals surface area (Å²) >= 11 is 0. The molecule has 6 nitrogen and oxygen atoms in total. The van der Waals surface area contributed by atoms with Crippen LogP contribution in [0.3, 0.4) is 0 Å². The van der Waals surface area contributed by atoms with Crippen LogP contribution >= 0.6 is 0 Å². The molecule has 0 saturated heterocycles. The Kier molecular flexibility index (Phi) is 4.45. The zero-order valence-corrected chi connectivity index (χ0v) is 13.7. The van der Waals surface area contributed by atoms with Gasteiger partial charge in [0, 0.05) is 37.6 Å². The Morgan fingerprint density at radius 2 is 2.00 bits per heavy atom. The molecule has 0 amide bonds. The number of aromatic nitrogens is 4. The lowest BCUT2D eigenvalue weighted by molar-refractivity contribution is 0.543. The molecule has 0 spiro atoms. The normalized spacial score (nSPS) is 12.3. The largest absolute Gasteiger partial charge is 0.362 e. The molecule has 0 aromatic carbocycles. The van der Waals surface area contributed by atoms with Gasteiger partial charge in [0.15, 0.2) is 0 Å². The molecule has 0 aliphatic rings. The minimum Gasteiger partial charge on any atom is -0.362 e. The van der Waals surface area contributed by atoms with E-state index in [1.54, 1.807) is 0 Å². The van der Waals surface area contributed by atoms with Crippen LogP contribution in [-0.2, 0) is 6.54 Å². The van der Waals surface area contributed by atoms with E-state index in [0.717, 1.165) is 23.6 Å². The van der Waals surface area contributed by atoms with Crippen molar-refractivity contribution in [2.75, 3.05) is 24.3 Å². The number of hydrogen-bond acceptors (Lipinski definition) is 5. The van der Waals surface area contributed by atoms with E-state index < -0.39 is 0 Å². The molecule has 0 aliphatic heterocycles. The molecule has 6 heteroatoms. The second-order valence-corrected chi connectivity index (χ2v) is 5.75. The average molecular weight is 288 g/mol. The van der Waals surface area contributed by atoms with Gasteiger partial charge in [-0.15, -0.1) is 0 Å². The monoisotopic (exact) mass is 288 g/mol. The Balaban J connectivity index is 2.07. The molecule has 1 unspecified atom stereocenters. The standard InChI is InChI=1S/C15H24N6/c1-10-8-16-15(18-14(10)20(5)6)17-12(3)9-21-13(4)7-11(2)19-21/h7-8,12H,9H2,1-6H3,(H,16,17,18). The van der Waals surface area contributed by atoms with Gasteiger partial charge >= 0.3 is 0 Å². The highest BCUT2D eigenvalue weighted by Crippen LogP contribution is 2.15. The quantitative estimate of drug-likeness (QED) is 0.913. The van der Waals surface area contributed by atoms with Gasteiger partial charge in [0.05, 0.1) is 12.2 Å². The lowest BCUT2D eigenvalue weighted by Gasteiger charge is -2.18. The van der Waals surface area contributed by atoms with Crippen LogP contribution in [0.2, 0.25) is 0 Å². The van der Waals surface area contributed by atoms with Crippen molar-refractivity contribution in [1.82, 2.24) is 19.7 Å². The summed E-state index contributed by atoms with van der Waals surface area (Å²) in [5.41, 5.74) is 3.28. The van der Waals surface area contributed by atoms with E-state index >= 15 is 0 Å². The number of hydrogen-bond donors (Lipinski definition) is 1. The molecule has 1 atom stereocenters. The fourth-order valence-electron chi connectivity index (χ4n) is 2.34. The molecule has 2 aromatic heterocycles. The van der Waals surface area contributed by atoms with Crippen molar-refractivity contribution in [1.29, 1.82) is 0 Å². The number of aryl methyl sites for hydroxylation is 3. The van der Waals surface area contributed by atoms with Crippen LogP contribution in [0.15, 0.2) is 12.3 Å². The predicted octanol–water partition coefficient (Wildman–Crippen LogP) is 2.16. The van der Waals surface area contributed by atoms with Crippen molar-refractivity contribution in [3.05, 3.63) is 29.2 Å². The molecular formula is C15H24N6. The zero-order valence-electron chi connectivity index (χ0n) is 13.7. The summed E-state index contributed by atoms with van der Waals surface area (Å²) in [5.74, 6) is 1.59. The van der Waals surface area contributed by atoms with Gasteiger partial charge in [0.25, 0.3) is 0 Å². The Labute approximate surface area is 126 Å². The van der Waals surface area contributed by atoms with Crippen LogP contribution in [-0.4, -0.2) is 39.9 Å². The van der Waals surface area contributed by atoms with Crippen molar-refractivity contribution in [2.45, 2.75) is 40.3 Å². The molecule has 0 saturated carbocycles. The van der Waals surface area contributed by atoms with E-state index in [1.807, 2.05) is 43.7 Å². The van der Waals surface area contributed by atoms with Crippen molar-refractivity contribution < 1.29 is 0 Å². The van der Waals surface area contributed by atoms with Crippen molar-refractivity contribution in [2.24, 2.45) is 0 Å².